The number of methoxy groups -OCH3 is 2. The lowest BCUT2D eigenvalue weighted by atomic mass is 10.1. The van der Waals surface area contributed by atoms with E-state index in [1.54, 1.807) is 26.0 Å². The average Bonchev–Trinajstić information content (AvgIpc) is 3.10. The van der Waals surface area contributed by atoms with Crippen LogP contribution in [-0.2, 0) is 22.5 Å². The lowest BCUT2D eigenvalue weighted by Crippen LogP contribution is -2.20. The molecule has 1 amide bonds. The first-order valence-corrected chi connectivity index (χ1v) is 12.0. The molecule has 2 aromatic carbocycles. The van der Waals surface area contributed by atoms with Gasteiger partial charge in [-0.3, -0.25) is 4.79 Å². The SMILES string of the molecule is CCOCCn1c(=NC(=O)Cc2ccc(SCC)cc2)sc2cc(OC)c(OC)cc21. The van der Waals surface area contributed by atoms with Crippen molar-refractivity contribution in [1.29, 1.82) is 0 Å². The number of hydrogen-bond donors (Lipinski definition) is 0. The minimum absolute atomic E-state index is 0.174. The molecule has 0 aliphatic heterocycles. The Morgan fingerprint density at radius 1 is 1.10 bits per heavy atom. The van der Waals surface area contributed by atoms with Crippen LogP contribution in [0, 0.1) is 0 Å². The molecule has 0 fully saturated rings. The molecule has 0 aliphatic rings. The average molecular weight is 461 g/mol. The summed E-state index contributed by atoms with van der Waals surface area (Å²) in [4.78, 5) is 19.0. The second-order valence-electron chi connectivity index (χ2n) is 6.67. The highest BCUT2D eigenvalue weighted by atomic mass is 32.2. The van der Waals surface area contributed by atoms with Gasteiger partial charge < -0.3 is 18.8 Å². The molecular weight excluding hydrogens is 432 g/mol. The van der Waals surface area contributed by atoms with E-state index in [9.17, 15) is 4.79 Å². The number of amides is 1. The molecule has 0 saturated carbocycles. The van der Waals surface area contributed by atoms with Gasteiger partial charge in [-0.25, -0.2) is 0 Å². The quantitative estimate of drug-likeness (QED) is 0.328. The third kappa shape index (κ3) is 5.90. The Morgan fingerprint density at radius 2 is 1.81 bits per heavy atom. The van der Waals surface area contributed by atoms with Gasteiger partial charge in [-0.1, -0.05) is 30.4 Å². The summed E-state index contributed by atoms with van der Waals surface area (Å²) in [7, 11) is 3.22. The molecule has 1 aromatic heterocycles. The molecule has 0 spiro atoms. The van der Waals surface area contributed by atoms with Crippen molar-refractivity contribution in [2.24, 2.45) is 4.99 Å². The smallest absolute Gasteiger partial charge is 0.252 e. The summed E-state index contributed by atoms with van der Waals surface area (Å²) in [5.41, 5.74) is 1.90. The maximum Gasteiger partial charge on any atom is 0.252 e. The molecule has 3 rings (SSSR count). The van der Waals surface area contributed by atoms with Crippen LogP contribution in [0.2, 0.25) is 0 Å². The summed E-state index contributed by atoms with van der Waals surface area (Å²) < 4.78 is 19.4. The Hall–Kier alpha value is -2.29. The summed E-state index contributed by atoms with van der Waals surface area (Å²) in [5, 5.41) is 0. The predicted molar refractivity (Wildman–Crippen MR) is 127 cm³/mol. The predicted octanol–water partition coefficient (Wildman–Crippen LogP) is 4.54. The van der Waals surface area contributed by atoms with E-state index >= 15 is 0 Å². The van der Waals surface area contributed by atoms with Crippen LogP contribution in [0.15, 0.2) is 46.3 Å². The van der Waals surface area contributed by atoms with Crippen LogP contribution in [0.4, 0.5) is 0 Å². The Morgan fingerprint density at radius 3 is 2.45 bits per heavy atom. The number of hydrogen-bond acceptors (Lipinski definition) is 6. The Balaban J connectivity index is 1.94. The molecule has 0 N–H and O–H groups in total. The maximum absolute atomic E-state index is 12.7. The fourth-order valence-corrected chi connectivity index (χ4v) is 4.93. The fraction of sp³-hybridized carbons (Fsp3) is 0.391. The normalized spacial score (nSPS) is 11.8. The van der Waals surface area contributed by atoms with Crippen molar-refractivity contribution in [3.63, 3.8) is 0 Å². The zero-order valence-corrected chi connectivity index (χ0v) is 20.0. The first-order chi connectivity index (χ1) is 15.1. The van der Waals surface area contributed by atoms with Gasteiger partial charge >= 0.3 is 0 Å². The third-order valence-corrected chi connectivity index (χ3v) is 6.60. The van der Waals surface area contributed by atoms with Crippen LogP contribution in [0.3, 0.4) is 0 Å². The summed E-state index contributed by atoms with van der Waals surface area (Å²) >= 11 is 3.24. The third-order valence-electron chi connectivity index (χ3n) is 4.66. The van der Waals surface area contributed by atoms with Crippen molar-refractivity contribution in [2.75, 3.05) is 33.2 Å². The van der Waals surface area contributed by atoms with Gasteiger partial charge in [-0.05, 0) is 30.4 Å². The number of fused-ring (bicyclic) bond motifs is 1. The van der Waals surface area contributed by atoms with Gasteiger partial charge in [-0.15, -0.1) is 11.8 Å². The van der Waals surface area contributed by atoms with Gasteiger partial charge in [0.25, 0.3) is 5.91 Å². The highest BCUT2D eigenvalue weighted by Gasteiger charge is 2.13. The molecule has 6 nitrogen and oxygen atoms in total. The van der Waals surface area contributed by atoms with Crippen molar-refractivity contribution < 1.29 is 19.0 Å². The number of carbonyl (C=O) groups is 1. The molecule has 0 saturated heterocycles. The Kier molecular flexibility index (Phi) is 8.57. The first kappa shape index (κ1) is 23.4. The molecule has 0 atom stereocenters. The molecule has 0 radical (unpaired) electrons. The standard InChI is InChI=1S/C23H28N2O4S2/c1-5-29-12-11-25-18-14-19(27-3)20(28-4)15-21(18)31-23(25)24-22(26)13-16-7-9-17(10-8-16)30-6-2/h7-10,14-15H,5-6,11-13H2,1-4H3. The van der Waals surface area contributed by atoms with Crippen molar-refractivity contribution in [2.45, 2.75) is 31.7 Å². The van der Waals surface area contributed by atoms with E-state index in [-0.39, 0.29) is 12.3 Å². The zero-order valence-electron chi connectivity index (χ0n) is 18.3. The first-order valence-electron chi connectivity index (χ1n) is 10.2. The number of carbonyl (C=O) groups excluding carboxylic acids is 1. The van der Waals surface area contributed by atoms with E-state index < -0.39 is 0 Å². The van der Waals surface area contributed by atoms with Gasteiger partial charge in [0.2, 0.25) is 0 Å². The van der Waals surface area contributed by atoms with Crippen molar-refractivity contribution in [3.05, 3.63) is 46.8 Å². The van der Waals surface area contributed by atoms with Gasteiger partial charge in [0, 0.05) is 30.2 Å². The second-order valence-corrected chi connectivity index (χ2v) is 9.01. The van der Waals surface area contributed by atoms with Crippen LogP contribution in [0.5, 0.6) is 11.5 Å². The molecule has 166 valence electrons. The molecule has 31 heavy (non-hydrogen) atoms. The number of thiazole rings is 1. The number of rotatable bonds is 10. The lowest BCUT2D eigenvalue weighted by Gasteiger charge is -2.09. The number of aromatic nitrogens is 1. The number of benzene rings is 2. The minimum atomic E-state index is -0.174. The van der Waals surface area contributed by atoms with Crippen LogP contribution in [-0.4, -0.2) is 43.7 Å². The van der Waals surface area contributed by atoms with E-state index in [0.29, 0.717) is 36.1 Å². The van der Waals surface area contributed by atoms with E-state index in [0.717, 1.165) is 21.5 Å². The van der Waals surface area contributed by atoms with Crippen LogP contribution in [0.25, 0.3) is 10.2 Å². The Labute approximate surface area is 190 Å². The molecule has 8 heteroatoms. The van der Waals surface area contributed by atoms with Crippen LogP contribution >= 0.6 is 23.1 Å². The molecule has 3 aromatic rings. The molecule has 0 bridgehead atoms. The number of nitrogens with zero attached hydrogens (tertiary/aromatic N) is 2. The van der Waals surface area contributed by atoms with Gasteiger partial charge in [-0.2, -0.15) is 4.99 Å². The summed E-state index contributed by atoms with van der Waals surface area (Å²) in [5.74, 6) is 2.14. The fourth-order valence-electron chi connectivity index (χ4n) is 3.19. The van der Waals surface area contributed by atoms with Crippen molar-refractivity contribution in [1.82, 2.24) is 4.57 Å². The molecular formula is C23H28N2O4S2. The Bertz CT molecular complexity index is 1090. The summed E-state index contributed by atoms with van der Waals surface area (Å²) in [6.45, 7) is 5.85. The molecule has 1 heterocycles. The van der Waals surface area contributed by atoms with E-state index in [2.05, 4.69) is 24.0 Å². The van der Waals surface area contributed by atoms with Crippen molar-refractivity contribution in [3.8, 4) is 11.5 Å². The maximum atomic E-state index is 12.7. The monoisotopic (exact) mass is 460 g/mol. The van der Waals surface area contributed by atoms with Crippen LogP contribution < -0.4 is 14.3 Å². The van der Waals surface area contributed by atoms with E-state index in [1.807, 2.05) is 35.8 Å². The summed E-state index contributed by atoms with van der Waals surface area (Å²) in [6.07, 6.45) is 0.267. The molecule has 0 unspecified atom stereocenters. The van der Waals surface area contributed by atoms with E-state index in [4.69, 9.17) is 14.2 Å². The summed E-state index contributed by atoms with van der Waals surface area (Å²) in [6, 6.07) is 11.9. The highest BCUT2D eigenvalue weighted by molar-refractivity contribution is 7.99. The van der Waals surface area contributed by atoms with Crippen LogP contribution in [0.1, 0.15) is 19.4 Å². The highest BCUT2D eigenvalue weighted by Crippen LogP contribution is 2.33. The van der Waals surface area contributed by atoms with E-state index in [1.165, 1.54) is 16.2 Å². The topological polar surface area (TPSA) is 62.1 Å². The minimum Gasteiger partial charge on any atom is -0.493 e. The number of thioether (sulfide) groups is 1. The zero-order chi connectivity index (χ0) is 22.2. The van der Waals surface area contributed by atoms with Gasteiger partial charge in [0.15, 0.2) is 16.3 Å². The second kappa shape index (κ2) is 11.4. The largest absolute Gasteiger partial charge is 0.493 e. The molecule has 0 aliphatic carbocycles. The lowest BCUT2D eigenvalue weighted by molar-refractivity contribution is -0.117. The van der Waals surface area contributed by atoms with Gasteiger partial charge in [0.1, 0.15) is 0 Å². The van der Waals surface area contributed by atoms with Gasteiger partial charge in [0.05, 0.1) is 37.5 Å². The number of ether oxygens (including phenoxy) is 3. The van der Waals surface area contributed by atoms with Crippen molar-refractivity contribution >= 4 is 39.2 Å².